The second kappa shape index (κ2) is 7.38. The molecule has 114 valence electrons. The van der Waals surface area contributed by atoms with Gasteiger partial charge in [0.25, 0.3) is 0 Å². The Morgan fingerprint density at radius 1 is 1.33 bits per heavy atom. The lowest BCUT2D eigenvalue weighted by Crippen LogP contribution is -2.21. The van der Waals surface area contributed by atoms with Gasteiger partial charge in [0.15, 0.2) is 0 Å². The Balaban J connectivity index is 2.45. The number of nitrogens with one attached hydrogen (secondary N) is 1. The van der Waals surface area contributed by atoms with Crippen LogP contribution in [-0.4, -0.2) is 21.5 Å². The molecule has 0 aliphatic heterocycles. The first-order valence-electron chi connectivity index (χ1n) is 7.25. The summed E-state index contributed by atoms with van der Waals surface area (Å²) in [5, 5.41) is 12.9. The molecule has 0 saturated carbocycles. The molecule has 6 heteroatoms. The van der Waals surface area contributed by atoms with E-state index < -0.39 is 0 Å². The number of aromatic nitrogens is 3. The normalized spacial score (nSPS) is 12.6. The molecule has 0 fully saturated rings. The van der Waals surface area contributed by atoms with Gasteiger partial charge < -0.3 is 5.32 Å². The minimum absolute atomic E-state index is 0.240. The van der Waals surface area contributed by atoms with Crippen molar-refractivity contribution in [1.82, 2.24) is 20.3 Å². The Hall–Kier alpha value is -0.910. The number of rotatable bonds is 6. The molecule has 21 heavy (non-hydrogen) atoms. The Morgan fingerprint density at radius 2 is 2.10 bits per heavy atom. The van der Waals surface area contributed by atoms with Crippen LogP contribution in [0.2, 0.25) is 5.02 Å². The van der Waals surface area contributed by atoms with Crippen LogP contribution in [0.4, 0.5) is 0 Å². The monoisotopic (exact) mass is 370 g/mol. The summed E-state index contributed by atoms with van der Waals surface area (Å²) in [6.45, 7) is 7.30. The molecule has 0 radical (unpaired) electrons. The lowest BCUT2D eigenvalue weighted by molar-refractivity contribution is 0.520. The Labute approximate surface area is 139 Å². The van der Waals surface area contributed by atoms with E-state index in [-0.39, 0.29) is 6.04 Å². The van der Waals surface area contributed by atoms with Crippen molar-refractivity contribution < 1.29 is 0 Å². The van der Waals surface area contributed by atoms with Crippen LogP contribution >= 0.6 is 27.5 Å². The maximum Gasteiger partial charge on any atom is 0.103 e. The summed E-state index contributed by atoms with van der Waals surface area (Å²) < 4.78 is 2.76. The smallest absolute Gasteiger partial charge is 0.103 e. The third-order valence-electron chi connectivity index (χ3n) is 3.46. The van der Waals surface area contributed by atoms with Crippen molar-refractivity contribution in [2.45, 2.75) is 39.7 Å². The molecule has 2 aromatic rings. The first-order valence-corrected chi connectivity index (χ1v) is 8.42. The van der Waals surface area contributed by atoms with E-state index in [0.717, 1.165) is 40.9 Å². The summed E-state index contributed by atoms with van der Waals surface area (Å²) in [6, 6.07) is 6.06. The number of hydrogen-bond donors (Lipinski definition) is 1. The fraction of sp³-hybridized carbons (Fsp3) is 0.467. The molecular weight excluding hydrogens is 352 g/mol. The summed E-state index contributed by atoms with van der Waals surface area (Å²) in [5.74, 6) is 0. The topological polar surface area (TPSA) is 42.7 Å². The molecule has 1 aromatic carbocycles. The molecule has 0 spiro atoms. The van der Waals surface area contributed by atoms with Gasteiger partial charge in [-0.1, -0.05) is 37.6 Å². The van der Waals surface area contributed by atoms with Gasteiger partial charge >= 0.3 is 0 Å². The highest BCUT2D eigenvalue weighted by molar-refractivity contribution is 9.10. The molecule has 0 bridgehead atoms. The maximum absolute atomic E-state index is 6.18. The van der Waals surface area contributed by atoms with E-state index >= 15 is 0 Å². The molecule has 4 nitrogen and oxygen atoms in total. The standard InChI is InChI=1S/C15H20BrClN4/c1-4-13(18-6-3)15-14(5-2)21(20-19-15)10-7-8-11(16)12(17)9-10/h7-9,13,18H,4-6H2,1-3H3. The van der Waals surface area contributed by atoms with E-state index in [1.165, 1.54) is 0 Å². The fourth-order valence-electron chi connectivity index (χ4n) is 2.42. The van der Waals surface area contributed by atoms with E-state index in [0.29, 0.717) is 5.02 Å². The van der Waals surface area contributed by atoms with Gasteiger partial charge in [-0.3, -0.25) is 0 Å². The summed E-state index contributed by atoms with van der Waals surface area (Å²) in [5.41, 5.74) is 3.09. The van der Waals surface area contributed by atoms with Crippen LogP contribution in [0.5, 0.6) is 0 Å². The van der Waals surface area contributed by atoms with Crippen LogP contribution in [0.15, 0.2) is 22.7 Å². The van der Waals surface area contributed by atoms with Gasteiger partial charge in [-0.2, -0.15) is 0 Å². The molecule has 1 N–H and O–H groups in total. The lowest BCUT2D eigenvalue weighted by atomic mass is 10.1. The van der Waals surface area contributed by atoms with Crippen LogP contribution < -0.4 is 5.32 Å². The van der Waals surface area contributed by atoms with Gasteiger partial charge in [0.1, 0.15) is 5.69 Å². The highest BCUT2D eigenvalue weighted by Crippen LogP contribution is 2.27. The van der Waals surface area contributed by atoms with Gasteiger partial charge in [0.05, 0.1) is 22.4 Å². The van der Waals surface area contributed by atoms with Crippen LogP contribution in [0, 0.1) is 0 Å². The fourth-order valence-corrected chi connectivity index (χ4v) is 2.84. The zero-order valence-electron chi connectivity index (χ0n) is 12.5. The first-order chi connectivity index (χ1) is 10.1. The minimum atomic E-state index is 0.240. The van der Waals surface area contributed by atoms with Gasteiger partial charge in [-0.25, -0.2) is 4.68 Å². The molecule has 0 aliphatic carbocycles. The second-order valence-corrected chi connectivity index (χ2v) is 6.07. The number of halogens is 2. The van der Waals surface area contributed by atoms with Crippen molar-refractivity contribution in [2.75, 3.05) is 6.54 Å². The quantitative estimate of drug-likeness (QED) is 0.823. The minimum Gasteiger partial charge on any atom is -0.309 e. The van der Waals surface area contributed by atoms with E-state index in [4.69, 9.17) is 11.6 Å². The second-order valence-electron chi connectivity index (χ2n) is 4.80. The molecule has 2 rings (SSSR count). The van der Waals surface area contributed by atoms with Crippen LogP contribution in [0.3, 0.4) is 0 Å². The SMILES string of the molecule is CCNC(CC)c1nnn(-c2ccc(Br)c(Cl)c2)c1CC. The van der Waals surface area contributed by atoms with E-state index in [1.807, 2.05) is 22.9 Å². The van der Waals surface area contributed by atoms with Crippen LogP contribution in [0.25, 0.3) is 5.69 Å². The largest absolute Gasteiger partial charge is 0.309 e. The maximum atomic E-state index is 6.18. The summed E-state index contributed by atoms with van der Waals surface area (Å²) in [6.07, 6.45) is 1.86. The number of hydrogen-bond acceptors (Lipinski definition) is 3. The van der Waals surface area contributed by atoms with E-state index in [2.05, 4.69) is 52.3 Å². The van der Waals surface area contributed by atoms with Gasteiger partial charge in [-0.05, 0) is 53.5 Å². The van der Waals surface area contributed by atoms with Crippen molar-refractivity contribution in [3.05, 3.63) is 39.1 Å². The van der Waals surface area contributed by atoms with E-state index in [1.54, 1.807) is 0 Å². The molecule has 1 atom stereocenters. The average Bonchev–Trinajstić information content (AvgIpc) is 2.91. The van der Waals surface area contributed by atoms with Crippen molar-refractivity contribution in [3.63, 3.8) is 0 Å². The molecular formula is C15H20BrClN4. The van der Waals surface area contributed by atoms with Crippen molar-refractivity contribution in [2.24, 2.45) is 0 Å². The van der Waals surface area contributed by atoms with Crippen LogP contribution in [0.1, 0.15) is 44.6 Å². The Bertz CT molecular complexity index is 612. The number of benzene rings is 1. The number of nitrogens with zero attached hydrogens (tertiary/aromatic N) is 3. The van der Waals surface area contributed by atoms with Gasteiger partial charge in [0.2, 0.25) is 0 Å². The summed E-state index contributed by atoms with van der Waals surface area (Å²) >= 11 is 9.60. The summed E-state index contributed by atoms with van der Waals surface area (Å²) in [4.78, 5) is 0. The lowest BCUT2D eigenvalue weighted by Gasteiger charge is -2.15. The molecule has 0 amide bonds. The van der Waals surface area contributed by atoms with Gasteiger partial charge in [-0.15, -0.1) is 5.10 Å². The molecule has 0 aliphatic rings. The third-order valence-corrected chi connectivity index (χ3v) is 4.70. The zero-order chi connectivity index (χ0) is 15.4. The van der Waals surface area contributed by atoms with Crippen molar-refractivity contribution in [1.29, 1.82) is 0 Å². The predicted octanol–water partition coefficient (Wildman–Crippen LogP) is 4.31. The molecule has 1 unspecified atom stereocenters. The summed E-state index contributed by atoms with van der Waals surface area (Å²) in [7, 11) is 0. The molecule has 0 saturated heterocycles. The van der Waals surface area contributed by atoms with Crippen LogP contribution in [-0.2, 0) is 6.42 Å². The molecule has 1 aromatic heterocycles. The highest BCUT2D eigenvalue weighted by atomic mass is 79.9. The molecule has 1 heterocycles. The van der Waals surface area contributed by atoms with E-state index in [9.17, 15) is 0 Å². The van der Waals surface area contributed by atoms with Gasteiger partial charge in [0, 0.05) is 4.47 Å². The first kappa shape index (κ1) is 16.5. The van der Waals surface area contributed by atoms with Crippen molar-refractivity contribution >= 4 is 27.5 Å². The Kier molecular flexibility index (Phi) is 5.79. The average molecular weight is 372 g/mol. The van der Waals surface area contributed by atoms with Crippen molar-refractivity contribution in [3.8, 4) is 5.69 Å². The zero-order valence-corrected chi connectivity index (χ0v) is 14.9. The predicted molar refractivity (Wildman–Crippen MR) is 90.2 cm³/mol. The highest BCUT2D eigenvalue weighted by Gasteiger charge is 2.19. The third kappa shape index (κ3) is 3.47. The Morgan fingerprint density at radius 3 is 2.67 bits per heavy atom.